The highest BCUT2D eigenvalue weighted by Gasteiger charge is 2.32. The molecule has 0 spiro atoms. The molecule has 2 unspecified atom stereocenters. The van der Waals surface area contributed by atoms with Crippen molar-refractivity contribution >= 4 is 27.0 Å². The number of aromatic amines is 1. The molecular formula is C12H15BrN2O5. The summed E-state index contributed by atoms with van der Waals surface area (Å²) in [6.07, 6.45) is -6.42. The zero-order valence-corrected chi connectivity index (χ0v) is 11.9. The number of rotatable bonds is 5. The minimum absolute atomic E-state index is 0.0646. The number of fused-ring (bicyclic) bond motifs is 1. The van der Waals surface area contributed by atoms with Crippen LogP contribution in [0.5, 0.6) is 0 Å². The number of benzene rings is 1. The lowest BCUT2D eigenvalue weighted by atomic mass is 10.0. The predicted octanol–water partition coefficient (Wildman–Crippen LogP) is -0.566. The van der Waals surface area contributed by atoms with Gasteiger partial charge in [0.15, 0.2) is 0 Å². The van der Waals surface area contributed by atoms with Gasteiger partial charge in [-0.25, -0.2) is 4.98 Å². The van der Waals surface area contributed by atoms with Crippen LogP contribution in [0.2, 0.25) is 0 Å². The molecule has 0 radical (unpaired) electrons. The molecule has 0 aliphatic carbocycles. The Hall–Kier alpha value is -1.03. The first-order valence-corrected chi connectivity index (χ1v) is 6.71. The summed E-state index contributed by atoms with van der Waals surface area (Å²) in [5.41, 5.74) is 1.24. The topological polar surface area (TPSA) is 130 Å². The zero-order valence-electron chi connectivity index (χ0n) is 10.3. The molecule has 1 aromatic carbocycles. The number of aliphatic hydroxyl groups excluding tert-OH is 5. The number of nitrogens with zero attached hydrogens (tertiary/aromatic N) is 1. The molecule has 1 heterocycles. The average molecular weight is 347 g/mol. The quantitative estimate of drug-likeness (QED) is 0.430. The van der Waals surface area contributed by atoms with Crippen molar-refractivity contribution in [2.24, 2.45) is 0 Å². The maximum atomic E-state index is 9.97. The van der Waals surface area contributed by atoms with E-state index in [1.165, 1.54) is 0 Å². The maximum Gasteiger partial charge on any atom is 0.140 e. The standard InChI is InChI=1S/C12H15BrN2O5/c13-5-1-2-6-7(3-5)15-12(14-6)11(20)10(19)9(18)8(17)4-16/h1-3,8-11,16-20H,4H2,(H,14,15)/t8?,9-,10-,11?/m0/s1. The van der Waals surface area contributed by atoms with Crippen LogP contribution in [0.4, 0.5) is 0 Å². The van der Waals surface area contributed by atoms with E-state index in [-0.39, 0.29) is 5.82 Å². The third-order valence-electron chi connectivity index (χ3n) is 3.00. The molecule has 0 bridgehead atoms. The van der Waals surface area contributed by atoms with E-state index in [1.54, 1.807) is 18.2 Å². The number of hydrogen-bond donors (Lipinski definition) is 6. The van der Waals surface area contributed by atoms with Gasteiger partial charge >= 0.3 is 0 Å². The van der Waals surface area contributed by atoms with Gasteiger partial charge < -0.3 is 30.5 Å². The highest BCUT2D eigenvalue weighted by molar-refractivity contribution is 9.10. The van der Waals surface area contributed by atoms with Gasteiger partial charge in [-0.2, -0.15) is 0 Å². The smallest absolute Gasteiger partial charge is 0.140 e. The third kappa shape index (κ3) is 3.00. The first kappa shape index (κ1) is 15.4. The number of imidazole rings is 1. The van der Waals surface area contributed by atoms with Gasteiger partial charge in [0.1, 0.15) is 30.2 Å². The highest BCUT2D eigenvalue weighted by atomic mass is 79.9. The van der Waals surface area contributed by atoms with Gasteiger partial charge in [-0.3, -0.25) is 0 Å². The van der Waals surface area contributed by atoms with Crippen molar-refractivity contribution in [1.82, 2.24) is 9.97 Å². The SMILES string of the molecule is OCC(O)[C@H](O)[C@H](O)C(O)c1nc2cc(Br)ccc2[nH]1. The largest absolute Gasteiger partial charge is 0.394 e. The first-order chi connectivity index (χ1) is 9.43. The van der Waals surface area contributed by atoms with E-state index in [1.807, 2.05) is 0 Å². The summed E-state index contributed by atoms with van der Waals surface area (Å²) in [7, 11) is 0. The molecule has 1 aromatic heterocycles. The average Bonchev–Trinajstić information content (AvgIpc) is 2.86. The van der Waals surface area contributed by atoms with Gasteiger partial charge in [0.25, 0.3) is 0 Å². The second kappa shape index (κ2) is 6.17. The normalized spacial score (nSPS) is 17.9. The molecule has 2 rings (SSSR count). The first-order valence-electron chi connectivity index (χ1n) is 5.92. The van der Waals surface area contributed by atoms with Gasteiger partial charge in [0.2, 0.25) is 0 Å². The molecule has 20 heavy (non-hydrogen) atoms. The summed E-state index contributed by atoms with van der Waals surface area (Å²) in [5, 5.41) is 47.3. The molecular weight excluding hydrogens is 332 g/mol. The van der Waals surface area contributed by atoms with Gasteiger partial charge in [0.05, 0.1) is 17.6 Å². The Labute approximate surface area is 122 Å². The van der Waals surface area contributed by atoms with Crippen molar-refractivity contribution < 1.29 is 25.5 Å². The van der Waals surface area contributed by atoms with Crippen LogP contribution in [-0.4, -0.2) is 60.4 Å². The van der Waals surface area contributed by atoms with Crippen LogP contribution in [0.3, 0.4) is 0 Å². The summed E-state index contributed by atoms with van der Waals surface area (Å²) in [5.74, 6) is 0.0646. The molecule has 110 valence electrons. The van der Waals surface area contributed by atoms with Crippen LogP contribution in [0.25, 0.3) is 11.0 Å². The summed E-state index contributed by atoms with van der Waals surface area (Å²) in [6, 6.07) is 5.26. The van der Waals surface area contributed by atoms with E-state index in [0.29, 0.717) is 11.0 Å². The highest BCUT2D eigenvalue weighted by Crippen LogP contribution is 2.23. The number of nitrogens with one attached hydrogen (secondary N) is 1. The van der Waals surface area contributed by atoms with Gasteiger partial charge in [-0.15, -0.1) is 0 Å². The fourth-order valence-electron chi connectivity index (χ4n) is 1.82. The molecule has 4 atom stereocenters. The Morgan fingerprint density at radius 1 is 1.15 bits per heavy atom. The Kier molecular flexibility index (Phi) is 4.74. The van der Waals surface area contributed by atoms with Crippen molar-refractivity contribution in [1.29, 1.82) is 0 Å². The molecule has 0 saturated heterocycles. The van der Waals surface area contributed by atoms with Crippen LogP contribution in [0.15, 0.2) is 22.7 Å². The Morgan fingerprint density at radius 3 is 2.50 bits per heavy atom. The Balaban J connectivity index is 2.24. The minimum atomic E-state index is -1.69. The number of aromatic nitrogens is 2. The number of hydrogen-bond acceptors (Lipinski definition) is 6. The summed E-state index contributed by atoms with van der Waals surface area (Å²) in [6.45, 7) is -0.724. The lowest BCUT2D eigenvalue weighted by molar-refractivity contribution is -0.117. The number of aliphatic hydroxyl groups is 5. The van der Waals surface area contributed by atoms with Gasteiger partial charge in [0, 0.05) is 4.47 Å². The van der Waals surface area contributed by atoms with E-state index < -0.39 is 31.0 Å². The van der Waals surface area contributed by atoms with E-state index in [9.17, 15) is 20.4 Å². The van der Waals surface area contributed by atoms with Crippen molar-refractivity contribution in [3.63, 3.8) is 0 Å². The molecule has 7 nitrogen and oxygen atoms in total. The lowest BCUT2D eigenvalue weighted by Crippen LogP contribution is -2.42. The number of H-pyrrole nitrogens is 1. The molecule has 8 heteroatoms. The summed E-state index contributed by atoms with van der Waals surface area (Å²) >= 11 is 3.29. The second-order valence-corrected chi connectivity index (χ2v) is 5.38. The molecule has 6 N–H and O–H groups in total. The fraction of sp³-hybridized carbons (Fsp3) is 0.417. The number of halogens is 1. The van der Waals surface area contributed by atoms with Crippen molar-refractivity contribution in [3.05, 3.63) is 28.5 Å². The summed E-state index contributed by atoms with van der Waals surface area (Å²) in [4.78, 5) is 6.93. The van der Waals surface area contributed by atoms with Crippen LogP contribution in [-0.2, 0) is 0 Å². The van der Waals surface area contributed by atoms with E-state index in [2.05, 4.69) is 25.9 Å². The van der Waals surface area contributed by atoms with Crippen LogP contribution < -0.4 is 0 Å². The van der Waals surface area contributed by atoms with E-state index >= 15 is 0 Å². The molecule has 0 fully saturated rings. The van der Waals surface area contributed by atoms with Crippen LogP contribution >= 0.6 is 15.9 Å². The van der Waals surface area contributed by atoms with E-state index in [0.717, 1.165) is 4.47 Å². The molecule has 0 aliphatic heterocycles. The third-order valence-corrected chi connectivity index (χ3v) is 3.49. The summed E-state index contributed by atoms with van der Waals surface area (Å²) < 4.78 is 0.814. The molecule has 2 aromatic rings. The van der Waals surface area contributed by atoms with Gasteiger partial charge in [-0.1, -0.05) is 15.9 Å². The molecule has 0 saturated carbocycles. The van der Waals surface area contributed by atoms with Crippen LogP contribution in [0.1, 0.15) is 11.9 Å². The molecule has 0 amide bonds. The van der Waals surface area contributed by atoms with Crippen LogP contribution in [0, 0.1) is 0 Å². The minimum Gasteiger partial charge on any atom is -0.394 e. The Bertz CT molecular complexity index is 590. The second-order valence-electron chi connectivity index (χ2n) is 4.46. The van der Waals surface area contributed by atoms with Gasteiger partial charge in [-0.05, 0) is 18.2 Å². The molecule has 0 aliphatic rings. The predicted molar refractivity (Wildman–Crippen MR) is 73.9 cm³/mol. The Morgan fingerprint density at radius 2 is 1.85 bits per heavy atom. The maximum absolute atomic E-state index is 9.97. The van der Waals surface area contributed by atoms with Crippen molar-refractivity contribution in [3.8, 4) is 0 Å². The van der Waals surface area contributed by atoms with E-state index in [4.69, 9.17) is 5.11 Å². The van der Waals surface area contributed by atoms with Crippen molar-refractivity contribution in [2.45, 2.75) is 24.4 Å². The fourth-order valence-corrected chi connectivity index (χ4v) is 2.17. The lowest BCUT2D eigenvalue weighted by Gasteiger charge is -2.24. The monoisotopic (exact) mass is 346 g/mol. The van der Waals surface area contributed by atoms with Crippen molar-refractivity contribution in [2.75, 3.05) is 6.61 Å². The zero-order chi connectivity index (χ0) is 14.9.